The summed E-state index contributed by atoms with van der Waals surface area (Å²) >= 11 is 7.80. The Hall–Kier alpha value is -1.69. The first-order valence-corrected chi connectivity index (χ1v) is 10.0. The number of carbonyl (C=O) groups excluding carboxylic acids is 1. The second-order valence-electron chi connectivity index (χ2n) is 6.36. The molecular formula is C20H26ClN2O2S+. The van der Waals surface area contributed by atoms with Crippen molar-refractivity contribution in [3.05, 3.63) is 58.6 Å². The summed E-state index contributed by atoms with van der Waals surface area (Å²) in [7, 11) is 5.49. The van der Waals surface area contributed by atoms with E-state index in [4.69, 9.17) is 16.3 Å². The number of nitrogens with one attached hydrogen (secondary N) is 1. The van der Waals surface area contributed by atoms with E-state index in [1.165, 1.54) is 4.90 Å². The number of hydrogen-bond acceptors (Lipinski definition) is 3. The lowest BCUT2D eigenvalue weighted by molar-refractivity contribution is -0.885. The van der Waals surface area contributed by atoms with Gasteiger partial charge >= 0.3 is 0 Å². The molecule has 1 N–H and O–H groups in total. The number of quaternary nitrogens is 1. The zero-order valence-corrected chi connectivity index (χ0v) is 17.3. The number of benzene rings is 2. The van der Waals surface area contributed by atoms with Gasteiger partial charge in [-0.1, -0.05) is 23.7 Å². The number of methoxy groups -OCH3 is 1. The van der Waals surface area contributed by atoms with E-state index in [1.54, 1.807) is 29.8 Å². The van der Waals surface area contributed by atoms with Gasteiger partial charge in [-0.2, -0.15) is 0 Å². The maximum Gasteiger partial charge on any atom is 0.277 e. The molecule has 0 radical (unpaired) electrons. The number of ether oxygens (including phenoxy) is 1. The third-order valence-corrected chi connectivity index (χ3v) is 5.17. The molecule has 6 heteroatoms. The van der Waals surface area contributed by atoms with E-state index in [-0.39, 0.29) is 5.91 Å². The molecule has 0 heterocycles. The first kappa shape index (κ1) is 20.6. The van der Waals surface area contributed by atoms with Gasteiger partial charge in [-0.05, 0) is 42.2 Å². The molecular weight excluding hydrogens is 368 g/mol. The maximum absolute atomic E-state index is 12.5. The summed E-state index contributed by atoms with van der Waals surface area (Å²) in [6.45, 7) is 1.70. The fourth-order valence-corrected chi connectivity index (χ4v) is 3.36. The van der Waals surface area contributed by atoms with Crippen molar-refractivity contribution in [1.82, 2.24) is 4.90 Å². The highest BCUT2D eigenvalue weighted by Crippen LogP contribution is 2.21. The molecule has 0 aliphatic carbocycles. The Balaban J connectivity index is 1.92. The highest BCUT2D eigenvalue weighted by atomic mass is 35.5. The number of hydrogen-bond donors (Lipinski definition) is 1. The van der Waals surface area contributed by atoms with Gasteiger partial charge in [0.05, 0.1) is 14.2 Å². The molecule has 0 bridgehead atoms. The van der Waals surface area contributed by atoms with Crippen LogP contribution in [0.25, 0.3) is 0 Å². The van der Waals surface area contributed by atoms with E-state index in [0.29, 0.717) is 24.7 Å². The normalized spacial score (nSPS) is 11.9. The van der Waals surface area contributed by atoms with Gasteiger partial charge in [0.1, 0.15) is 12.3 Å². The fourth-order valence-electron chi connectivity index (χ4n) is 2.76. The second-order valence-corrected chi connectivity index (χ2v) is 7.68. The molecule has 2 aromatic rings. The number of halogens is 1. The van der Waals surface area contributed by atoms with Crippen LogP contribution in [0.3, 0.4) is 0 Å². The summed E-state index contributed by atoms with van der Waals surface area (Å²) < 4.78 is 5.38. The van der Waals surface area contributed by atoms with Crippen molar-refractivity contribution in [3.8, 4) is 5.75 Å². The first-order valence-electron chi connectivity index (χ1n) is 8.43. The van der Waals surface area contributed by atoms with Crippen molar-refractivity contribution < 1.29 is 14.4 Å². The summed E-state index contributed by atoms with van der Waals surface area (Å²) in [5.41, 5.74) is 2.13. The zero-order chi connectivity index (χ0) is 19.1. The summed E-state index contributed by atoms with van der Waals surface area (Å²) in [4.78, 5) is 16.6. The molecule has 1 atom stereocenters. The molecule has 4 nitrogen and oxygen atoms in total. The molecule has 140 valence electrons. The van der Waals surface area contributed by atoms with Crippen LogP contribution in [-0.2, 0) is 17.9 Å². The second kappa shape index (κ2) is 9.86. The minimum atomic E-state index is 0.109. The Labute approximate surface area is 165 Å². The van der Waals surface area contributed by atoms with E-state index in [0.717, 1.165) is 21.8 Å². The number of likely N-dealkylation sites (N-methyl/N-ethyl adjacent to an activating group) is 2. The predicted molar refractivity (Wildman–Crippen MR) is 108 cm³/mol. The summed E-state index contributed by atoms with van der Waals surface area (Å²) in [6.07, 6.45) is 2.05. The monoisotopic (exact) mass is 393 g/mol. The highest BCUT2D eigenvalue weighted by Gasteiger charge is 2.17. The number of rotatable bonds is 8. The van der Waals surface area contributed by atoms with Crippen molar-refractivity contribution in [2.45, 2.75) is 18.0 Å². The Bertz CT molecular complexity index is 737. The van der Waals surface area contributed by atoms with Gasteiger partial charge in [0.15, 0.2) is 6.54 Å². The van der Waals surface area contributed by atoms with Gasteiger partial charge in [0.25, 0.3) is 5.91 Å². The maximum atomic E-state index is 12.5. The van der Waals surface area contributed by atoms with Crippen LogP contribution in [0.2, 0.25) is 5.02 Å². The van der Waals surface area contributed by atoms with E-state index < -0.39 is 0 Å². The molecule has 2 rings (SSSR count). The molecule has 1 amide bonds. The average Bonchev–Trinajstić information content (AvgIpc) is 2.62. The minimum Gasteiger partial charge on any atom is -0.496 e. The van der Waals surface area contributed by atoms with Gasteiger partial charge in [0, 0.05) is 29.1 Å². The van der Waals surface area contributed by atoms with Crippen molar-refractivity contribution in [3.63, 3.8) is 0 Å². The lowest BCUT2D eigenvalue weighted by Gasteiger charge is -2.21. The van der Waals surface area contributed by atoms with Gasteiger partial charge in [-0.25, -0.2) is 0 Å². The van der Waals surface area contributed by atoms with Crippen LogP contribution < -0.4 is 9.64 Å². The zero-order valence-electron chi connectivity index (χ0n) is 15.7. The third-order valence-electron chi connectivity index (χ3n) is 4.19. The molecule has 26 heavy (non-hydrogen) atoms. The summed E-state index contributed by atoms with van der Waals surface area (Å²) in [6, 6.07) is 13.9. The first-order chi connectivity index (χ1) is 12.4. The average molecular weight is 394 g/mol. The molecule has 0 spiro atoms. The molecule has 0 aliphatic rings. The summed E-state index contributed by atoms with van der Waals surface area (Å²) in [5.74, 6) is 0.904. The van der Waals surface area contributed by atoms with Crippen LogP contribution in [0, 0.1) is 0 Å². The number of thioether (sulfide) groups is 1. The van der Waals surface area contributed by atoms with E-state index in [9.17, 15) is 4.79 Å². The van der Waals surface area contributed by atoms with Crippen molar-refractivity contribution in [2.75, 3.05) is 34.0 Å². The molecule has 0 aliphatic heterocycles. The molecule has 1 unspecified atom stereocenters. The predicted octanol–water partition coefficient (Wildman–Crippen LogP) is 2.74. The quantitative estimate of drug-likeness (QED) is 0.700. The minimum absolute atomic E-state index is 0.109. The van der Waals surface area contributed by atoms with Crippen LogP contribution in [0.15, 0.2) is 47.4 Å². The number of amides is 1. The Kier molecular flexibility index (Phi) is 7.82. The van der Waals surface area contributed by atoms with E-state index in [2.05, 4.69) is 30.5 Å². The third kappa shape index (κ3) is 5.94. The molecule has 0 saturated carbocycles. The summed E-state index contributed by atoms with van der Waals surface area (Å²) in [5, 5.41) is 0.672. The largest absolute Gasteiger partial charge is 0.496 e. The van der Waals surface area contributed by atoms with Gasteiger partial charge in [-0.15, -0.1) is 11.8 Å². The lowest BCUT2D eigenvalue weighted by atomic mass is 10.2. The van der Waals surface area contributed by atoms with Crippen molar-refractivity contribution in [1.29, 1.82) is 0 Å². The van der Waals surface area contributed by atoms with Gasteiger partial charge in [-0.3, -0.25) is 4.79 Å². The Morgan fingerprint density at radius 1 is 1.23 bits per heavy atom. The Morgan fingerprint density at radius 3 is 2.54 bits per heavy atom. The van der Waals surface area contributed by atoms with Crippen LogP contribution in [0.1, 0.15) is 11.1 Å². The standard InChI is InChI=1S/C20H25ClN2O2S/c1-22(13-16-11-17(21)7-10-19(16)25-3)14-20(24)23(2)12-15-5-8-18(26-4)9-6-15/h5-11H,12-14H2,1-4H3/p+1. The van der Waals surface area contributed by atoms with Crippen molar-refractivity contribution in [2.24, 2.45) is 0 Å². The van der Waals surface area contributed by atoms with Crippen LogP contribution >= 0.6 is 23.4 Å². The molecule has 0 aromatic heterocycles. The van der Waals surface area contributed by atoms with E-state index >= 15 is 0 Å². The lowest BCUT2D eigenvalue weighted by Crippen LogP contribution is -3.08. The molecule has 0 fully saturated rings. The topological polar surface area (TPSA) is 34.0 Å². The van der Waals surface area contributed by atoms with Gasteiger partial charge < -0.3 is 14.5 Å². The number of nitrogens with zero attached hydrogens (tertiary/aromatic N) is 1. The Morgan fingerprint density at radius 2 is 1.92 bits per heavy atom. The van der Waals surface area contributed by atoms with E-state index in [1.807, 2.05) is 26.2 Å². The van der Waals surface area contributed by atoms with Crippen LogP contribution in [0.5, 0.6) is 5.75 Å². The van der Waals surface area contributed by atoms with Crippen LogP contribution in [0.4, 0.5) is 0 Å². The fraction of sp³-hybridized carbons (Fsp3) is 0.350. The van der Waals surface area contributed by atoms with Gasteiger partial charge in [0.2, 0.25) is 0 Å². The van der Waals surface area contributed by atoms with Crippen molar-refractivity contribution >= 4 is 29.3 Å². The smallest absolute Gasteiger partial charge is 0.277 e. The SMILES string of the molecule is COc1ccc(Cl)cc1C[NH+](C)CC(=O)N(C)Cc1ccc(SC)cc1. The molecule has 2 aromatic carbocycles. The number of carbonyl (C=O) groups is 1. The van der Waals surface area contributed by atoms with Crippen LogP contribution in [-0.4, -0.2) is 44.8 Å². The molecule has 0 saturated heterocycles. The highest BCUT2D eigenvalue weighted by molar-refractivity contribution is 7.98.